The molecule has 0 radical (unpaired) electrons. The molecule has 2 aromatic carbocycles. The lowest BCUT2D eigenvalue weighted by Gasteiger charge is -2.14. The first kappa shape index (κ1) is 21.6. The minimum atomic E-state index is -1.06. The van der Waals surface area contributed by atoms with E-state index in [0.29, 0.717) is 12.1 Å². The molecule has 29 heavy (non-hydrogen) atoms. The summed E-state index contributed by atoms with van der Waals surface area (Å²) in [6.45, 7) is 2.05. The van der Waals surface area contributed by atoms with E-state index in [1.54, 1.807) is 12.1 Å². The molecule has 3 N–H and O–H groups in total. The second-order valence-electron chi connectivity index (χ2n) is 6.37. The topological polar surface area (TPSA) is 124 Å². The molecule has 1 heterocycles. The number of aromatic carboxylic acids is 2. The van der Waals surface area contributed by atoms with Crippen molar-refractivity contribution in [3.05, 3.63) is 65.7 Å². The molecule has 2 aromatic rings. The Morgan fingerprint density at radius 2 is 1.45 bits per heavy atom. The van der Waals surface area contributed by atoms with E-state index < -0.39 is 17.9 Å². The largest absolute Gasteiger partial charge is 0.478 e. The van der Waals surface area contributed by atoms with Crippen LogP contribution in [0.4, 0.5) is 5.69 Å². The van der Waals surface area contributed by atoms with Crippen LogP contribution < -0.4 is 10.4 Å². The number of amides is 2. The maximum atomic E-state index is 12.1. The van der Waals surface area contributed by atoms with Crippen molar-refractivity contribution in [2.45, 2.75) is 26.2 Å². The highest BCUT2D eigenvalue weighted by atomic mass is 16.4. The Balaban J connectivity index is 0.000000221. The summed E-state index contributed by atoms with van der Waals surface area (Å²) in [5.41, 5.74) is 3.50. The minimum absolute atomic E-state index is 0.0833. The molecule has 0 saturated carbocycles. The molecule has 152 valence electrons. The quantitative estimate of drug-likeness (QED) is 0.643. The first-order valence-electron chi connectivity index (χ1n) is 9.11. The third kappa shape index (κ3) is 5.65. The normalized spacial score (nSPS) is 15.3. The lowest BCUT2D eigenvalue weighted by molar-refractivity contribution is -0.127. The second-order valence-corrected chi connectivity index (χ2v) is 6.37. The number of hydrazine groups is 1. The van der Waals surface area contributed by atoms with Crippen LogP contribution in [0.3, 0.4) is 0 Å². The summed E-state index contributed by atoms with van der Waals surface area (Å²) >= 11 is 0. The van der Waals surface area contributed by atoms with Gasteiger partial charge in [-0.05, 0) is 42.8 Å². The van der Waals surface area contributed by atoms with Gasteiger partial charge in [0.05, 0.1) is 16.8 Å². The monoisotopic (exact) mass is 398 g/mol. The zero-order valence-corrected chi connectivity index (χ0v) is 15.9. The fourth-order valence-electron chi connectivity index (χ4n) is 2.70. The SMILES string of the molecule is CCCCC1C(=O)NN(c2ccccc2)C1=O.O=C(O)c1ccc(C(=O)O)cc1. The van der Waals surface area contributed by atoms with Gasteiger partial charge in [0, 0.05) is 0 Å². The highest BCUT2D eigenvalue weighted by Gasteiger charge is 2.39. The number of para-hydroxylation sites is 1. The van der Waals surface area contributed by atoms with Crippen LogP contribution in [-0.2, 0) is 9.59 Å². The molecule has 8 nitrogen and oxygen atoms in total. The second kappa shape index (κ2) is 10.0. The number of rotatable bonds is 6. The van der Waals surface area contributed by atoms with Gasteiger partial charge in [-0.15, -0.1) is 0 Å². The standard InChI is InChI=1S/C13H16N2O2.C8H6O4/c1-2-3-9-11-12(16)14-15(13(11)17)10-7-5-4-6-8-10;9-7(10)5-1-2-6(4-3-5)8(11)12/h4-8,11H,2-3,9H2,1H3,(H,14,16);1-4H,(H,9,10)(H,11,12). The summed E-state index contributed by atoms with van der Waals surface area (Å²) in [6.07, 6.45) is 2.51. The number of hydrogen-bond donors (Lipinski definition) is 3. The van der Waals surface area contributed by atoms with Gasteiger partial charge in [-0.25, -0.2) is 14.6 Å². The van der Waals surface area contributed by atoms with Gasteiger partial charge < -0.3 is 10.2 Å². The predicted molar refractivity (Wildman–Crippen MR) is 105 cm³/mol. The molecular formula is C21H22N2O6. The Labute approximate surface area is 167 Å². The number of carbonyl (C=O) groups excluding carboxylic acids is 2. The smallest absolute Gasteiger partial charge is 0.335 e. The van der Waals surface area contributed by atoms with Crippen molar-refractivity contribution in [3.63, 3.8) is 0 Å². The van der Waals surface area contributed by atoms with Crippen LogP contribution >= 0.6 is 0 Å². The van der Waals surface area contributed by atoms with Gasteiger partial charge in [0.2, 0.25) is 0 Å². The average molecular weight is 398 g/mol. The number of carboxylic acids is 2. The highest BCUT2D eigenvalue weighted by Crippen LogP contribution is 2.22. The maximum absolute atomic E-state index is 12.1. The predicted octanol–water partition coefficient (Wildman–Crippen LogP) is 2.95. The summed E-state index contributed by atoms with van der Waals surface area (Å²) in [5.74, 6) is -2.98. The molecule has 1 atom stereocenters. The van der Waals surface area contributed by atoms with Crippen molar-refractivity contribution in [1.29, 1.82) is 0 Å². The molecule has 0 aliphatic carbocycles. The van der Waals surface area contributed by atoms with Crippen molar-refractivity contribution < 1.29 is 29.4 Å². The molecule has 1 fully saturated rings. The fourth-order valence-corrected chi connectivity index (χ4v) is 2.70. The van der Waals surface area contributed by atoms with E-state index >= 15 is 0 Å². The Hall–Kier alpha value is -3.68. The van der Waals surface area contributed by atoms with E-state index in [-0.39, 0.29) is 22.9 Å². The molecule has 0 spiro atoms. The van der Waals surface area contributed by atoms with E-state index in [4.69, 9.17) is 10.2 Å². The van der Waals surface area contributed by atoms with Gasteiger partial charge >= 0.3 is 11.9 Å². The first-order chi connectivity index (χ1) is 13.8. The van der Waals surface area contributed by atoms with E-state index in [2.05, 4.69) is 5.43 Å². The number of benzene rings is 2. The van der Waals surface area contributed by atoms with Crippen molar-refractivity contribution in [3.8, 4) is 0 Å². The van der Waals surface area contributed by atoms with Crippen molar-refractivity contribution in [2.75, 3.05) is 5.01 Å². The van der Waals surface area contributed by atoms with E-state index in [9.17, 15) is 19.2 Å². The molecule has 0 aromatic heterocycles. The van der Waals surface area contributed by atoms with Gasteiger partial charge in [0.25, 0.3) is 11.8 Å². The summed E-state index contributed by atoms with van der Waals surface area (Å²) in [4.78, 5) is 44.4. The lowest BCUT2D eigenvalue weighted by Crippen LogP contribution is -2.35. The van der Waals surface area contributed by atoms with Gasteiger partial charge in [0.1, 0.15) is 5.92 Å². The zero-order valence-electron chi connectivity index (χ0n) is 15.9. The van der Waals surface area contributed by atoms with Gasteiger partial charge in [0.15, 0.2) is 0 Å². The third-order valence-corrected chi connectivity index (χ3v) is 4.30. The number of anilines is 1. The molecular weight excluding hydrogens is 376 g/mol. The molecule has 1 saturated heterocycles. The van der Waals surface area contributed by atoms with Crippen LogP contribution in [0.25, 0.3) is 0 Å². The van der Waals surface area contributed by atoms with Crippen LogP contribution in [0.1, 0.15) is 46.9 Å². The summed E-state index contributed by atoms with van der Waals surface area (Å²) < 4.78 is 0. The summed E-state index contributed by atoms with van der Waals surface area (Å²) in [6, 6.07) is 14.2. The van der Waals surface area contributed by atoms with Crippen LogP contribution in [-0.4, -0.2) is 34.0 Å². The van der Waals surface area contributed by atoms with Gasteiger partial charge in [-0.1, -0.05) is 38.0 Å². The van der Waals surface area contributed by atoms with E-state index in [0.717, 1.165) is 12.8 Å². The fraction of sp³-hybridized carbons (Fsp3) is 0.238. The molecule has 1 aliphatic heterocycles. The number of hydrogen-bond acceptors (Lipinski definition) is 4. The van der Waals surface area contributed by atoms with Crippen LogP contribution in [0.2, 0.25) is 0 Å². The van der Waals surface area contributed by atoms with Crippen molar-refractivity contribution in [1.82, 2.24) is 5.43 Å². The number of carboxylic acid groups (broad SMARTS) is 2. The highest BCUT2D eigenvalue weighted by molar-refractivity contribution is 6.14. The van der Waals surface area contributed by atoms with Crippen LogP contribution in [0, 0.1) is 5.92 Å². The van der Waals surface area contributed by atoms with E-state index in [1.807, 2.05) is 25.1 Å². The third-order valence-electron chi connectivity index (χ3n) is 4.30. The molecule has 1 aliphatic rings. The first-order valence-corrected chi connectivity index (χ1v) is 9.11. The Kier molecular flexibility index (Phi) is 7.47. The molecule has 3 rings (SSSR count). The number of unbranched alkanes of at least 4 members (excludes halogenated alkanes) is 1. The van der Waals surface area contributed by atoms with Gasteiger partial charge in [-0.2, -0.15) is 0 Å². The maximum Gasteiger partial charge on any atom is 0.335 e. The minimum Gasteiger partial charge on any atom is -0.478 e. The van der Waals surface area contributed by atoms with Crippen LogP contribution in [0.5, 0.6) is 0 Å². The van der Waals surface area contributed by atoms with Crippen molar-refractivity contribution in [2.24, 2.45) is 5.92 Å². The molecule has 1 unspecified atom stereocenters. The lowest BCUT2D eigenvalue weighted by atomic mass is 10.0. The summed E-state index contributed by atoms with van der Waals surface area (Å²) in [5, 5.41) is 18.3. The van der Waals surface area contributed by atoms with Crippen LogP contribution in [0.15, 0.2) is 54.6 Å². The number of carbonyl (C=O) groups is 4. The number of nitrogens with zero attached hydrogens (tertiary/aromatic N) is 1. The Morgan fingerprint density at radius 3 is 1.90 bits per heavy atom. The molecule has 0 bridgehead atoms. The molecule has 8 heteroatoms. The molecule has 2 amide bonds. The Bertz CT molecular complexity index is 847. The summed E-state index contributed by atoms with van der Waals surface area (Å²) in [7, 11) is 0. The Morgan fingerprint density at radius 1 is 0.931 bits per heavy atom. The van der Waals surface area contributed by atoms with Gasteiger partial charge in [-0.3, -0.25) is 15.0 Å². The van der Waals surface area contributed by atoms with E-state index in [1.165, 1.54) is 29.3 Å². The zero-order chi connectivity index (χ0) is 21.4. The average Bonchev–Trinajstić information content (AvgIpc) is 3.01. The number of nitrogens with one attached hydrogen (secondary N) is 1. The van der Waals surface area contributed by atoms with Crippen molar-refractivity contribution >= 4 is 29.4 Å².